The maximum atomic E-state index is 5.70. The van der Waals surface area contributed by atoms with Crippen LogP contribution in [0, 0.1) is 5.92 Å². The number of ether oxygens (including phenoxy) is 1. The van der Waals surface area contributed by atoms with Crippen LogP contribution < -0.4 is 4.74 Å². The van der Waals surface area contributed by atoms with E-state index in [-0.39, 0.29) is 0 Å². The summed E-state index contributed by atoms with van der Waals surface area (Å²) in [6, 6.07) is 10.0. The van der Waals surface area contributed by atoms with Gasteiger partial charge in [0.25, 0.3) is 0 Å². The molecule has 1 fully saturated rings. The van der Waals surface area contributed by atoms with E-state index in [1.807, 2.05) is 30.3 Å². The summed E-state index contributed by atoms with van der Waals surface area (Å²) in [5.41, 5.74) is 0. The van der Waals surface area contributed by atoms with E-state index in [1.54, 1.807) is 0 Å². The molecule has 0 bridgehead atoms. The summed E-state index contributed by atoms with van der Waals surface area (Å²) in [7, 11) is 0. The lowest BCUT2D eigenvalue weighted by Gasteiger charge is -2.18. The minimum absolute atomic E-state index is 0.789. The quantitative estimate of drug-likeness (QED) is 0.610. The molecule has 0 radical (unpaired) electrons. The van der Waals surface area contributed by atoms with Crippen molar-refractivity contribution in [2.45, 2.75) is 44.9 Å². The SMILES string of the molecule is Br/C(=C/C1CCCCC1)CCCOc1ccccc1. The van der Waals surface area contributed by atoms with E-state index in [4.69, 9.17) is 4.74 Å². The number of allylic oxidation sites excluding steroid dienone is 2. The summed E-state index contributed by atoms with van der Waals surface area (Å²) < 4.78 is 7.06. The highest BCUT2D eigenvalue weighted by molar-refractivity contribution is 9.11. The van der Waals surface area contributed by atoms with Crippen LogP contribution in [0.1, 0.15) is 44.9 Å². The molecule has 0 unspecified atom stereocenters. The van der Waals surface area contributed by atoms with Crippen LogP contribution in [-0.4, -0.2) is 6.61 Å². The molecule has 0 amide bonds. The van der Waals surface area contributed by atoms with Gasteiger partial charge in [-0.1, -0.05) is 59.5 Å². The molecule has 19 heavy (non-hydrogen) atoms. The van der Waals surface area contributed by atoms with E-state index >= 15 is 0 Å². The maximum absolute atomic E-state index is 5.70. The van der Waals surface area contributed by atoms with Gasteiger partial charge in [-0.25, -0.2) is 0 Å². The van der Waals surface area contributed by atoms with Crippen LogP contribution in [0.2, 0.25) is 0 Å². The first kappa shape index (κ1) is 14.6. The molecule has 0 heterocycles. The van der Waals surface area contributed by atoms with Gasteiger partial charge in [0.1, 0.15) is 5.75 Å². The summed E-state index contributed by atoms with van der Waals surface area (Å²) in [5.74, 6) is 1.77. The van der Waals surface area contributed by atoms with Crippen LogP contribution in [0.15, 0.2) is 40.9 Å². The van der Waals surface area contributed by atoms with Gasteiger partial charge in [0.15, 0.2) is 0 Å². The van der Waals surface area contributed by atoms with Gasteiger partial charge in [-0.3, -0.25) is 0 Å². The molecule has 0 N–H and O–H groups in total. The van der Waals surface area contributed by atoms with E-state index in [0.29, 0.717) is 0 Å². The fourth-order valence-corrected chi connectivity index (χ4v) is 3.24. The number of para-hydroxylation sites is 1. The van der Waals surface area contributed by atoms with Crippen molar-refractivity contribution < 1.29 is 4.74 Å². The second kappa shape index (κ2) is 8.42. The van der Waals surface area contributed by atoms with Crippen molar-refractivity contribution in [1.82, 2.24) is 0 Å². The second-order valence-corrected chi connectivity index (χ2v) is 6.30. The van der Waals surface area contributed by atoms with Crippen molar-refractivity contribution in [3.05, 3.63) is 40.9 Å². The Bertz CT molecular complexity index is 380. The smallest absolute Gasteiger partial charge is 0.119 e. The molecule has 0 aliphatic heterocycles. The summed E-state index contributed by atoms with van der Waals surface area (Å²) in [6.45, 7) is 0.789. The van der Waals surface area contributed by atoms with Gasteiger partial charge in [-0.2, -0.15) is 0 Å². The van der Waals surface area contributed by atoms with Crippen molar-refractivity contribution in [3.63, 3.8) is 0 Å². The Morgan fingerprint density at radius 2 is 1.89 bits per heavy atom. The molecule has 1 saturated carbocycles. The van der Waals surface area contributed by atoms with Gasteiger partial charge < -0.3 is 4.74 Å². The Kier molecular flexibility index (Phi) is 6.49. The summed E-state index contributed by atoms with van der Waals surface area (Å²) >= 11 is 3.71. The lowest BCUT2D eigenvalue weighted by Crippen LogP contribution is -2.03. The topological polar surface area (TPSA) is 9.23 Å². The Labute approximate surface area is 125 Å². The molecule has 0 saturated heterocycles. The Hall–Kier alpha value is -0.760. The van der Waals surface area contributed by atoms with Crippen molar-refractivity contribution in [3.8, 4) is 5.75 Å². The zero-order valence-corrected chi connectivity index (χ0v) is 13.1. The molecule has 2 rings (SSSR count). The van der Waals surface area contributed by atoms with Crippen molar-refractivity contribution in [2.24, 2.45) is 5.92 Å². The van der Waals surface area contributed by atoms with E-state index in [0.717, 1.165) is 31.1 Å². The van der Waals surface area contributed by atoms with Gasteiger partial charge in [0.05, 0.1) is 6.61 Å². The first-order valence-corrected chi connectivity index (χ1v) is 8.18. The second-order valence-electron chi connectivity index (χ2n) is 5.28. The number of hydrogen-bond donors (Lipinski definition) is 0. The van der Waals surface area contributed by atoms with E-state index in [9.17, 15) is 0 Å². The molecule has 1 aliphatic carbocycles. The molecule has 1 aliphatic rings. The Morgan fingerprint density at radius 1 is 1.16 bits per heavy atom. The fourth-order valence-electron chi connectivity index (χ4n) is 2.59. The average molecular weight is 323 g/mol. The highest BCUT2D eigenvalue weighted by atomic mass is 79.9. The van der Waals surface area contributed by atoms with Crippen LogP contribution in [0.5, 0.6) is 5.75 Å². The van der Waals surface area contributed by atoms with Crippen molar-refractivity contribution in [1.29, 1.82) is 0 Å². The zero-order chi connectivity index (χ0) is 13.3. The minimum atomic E-state index is 0.789. The normalized spacial score (nSPS) is 17.4. The molecular formula is C17H23BrO. The Morgan fingerprint density at radius 3 is 2.63 bits per heavy atom. The summed E-state index contributed by atoms with van der Waals surface area (Å²) in [6.07, 6.45) is 11.6. The van der Waals surface area contributed by atoms with Gasteiger partial charge in [0.2, 0.25) is 0 Å². The molecule has 104 valence electrons. The predicted octanol–water partition coefficient (Wildman–Crippen LogP) is 5.70. The molecule has 0 aromatic heterocycles. The van der Waals surface area contributed by atoms with Gasteiger partial charge >= 0.3 is 0 Å². The van der Waals surface area contributed by atoms with Crippen LogP contribution in [0.4, 0.5) is 0 Å². The molecule has 2 heteroatoms. The minimum Gasteiger partial charge on any atom is -0.494 e. The van der Waals surface area contributed by atoms with E-state index < -0.39 is 0 Å². The lowest BCUT2D eigenvalue weighted by molar-refractivity contribution is 0.311. The highest BCUT2D eigenvalue weighted by Gasteiger charge is 2.11. The molecule has 1 aromatic rings. The molecule has 1 nitrogen and oxygen atoms in total. The number of rotatable bonds is 6. The predicted molar refractivity (Wildman–Crippen MR) is 84.8 cm³/mol. The standard InChI is InChI=1S/C17H23BrO/c18-16(14-15-8-3-1-4-9-15)10-7-13-19-17-11-5-2-6-12-17/h2,5-6,11-12,14-15H,1,3-4,7-10,13H2/b16-14+. The first-order chi connectivity index (χ1) is 9.34. The van der Waals surface area contributed by atoms with E-state index in [1.165, 1.54) is 36.6 Å². The highest BCUT2D eigenvalue weighted by Crippen LogP contribution is 2.28. The monoisotopic (exact) mass is 322 g/mol. The summed E-state index contributed by atoms with van der Waals surface area (Å²) in [4.78, 5) is 0. The molecule has 0 atom stereocenters. The number of halogens is 1. The summed E-state index contributed by atoms with van der Waals surface area (Å²) in [5, 5.41) is 0. The third-order valence-corrected chi connectivity index (χ3v) is 4.30. The molecular weight excluding hydrogens is 300 g/mol. The third-order valence-electron chi connectivity index (χ3n) is 3.64. The zero-order valence-electron chi connectivity index (χ0n) is 11.5. The van der Waals surface area contributed by atoms with Gasteiger partial charge in [0, 0.05) is 0 Å². The lowest BCUT2D eigenvalue weighted by atomic mass is 9.89. The molecule has 1 aromatic carbocycles. The number of hydrogen-bond acceptors (Lipinski definition) is 1. The fraction of sp³-hybridized carbons (Fsp3) is 0.529. The van der Waals surface area contributed by atoms with Crippen molar-refractivity contribution in [2.75, 3.05) is 6.61 Å². The van der Waals surface area contributed by atoms with Crippen molar-refractivity contribution >= 4 is 15.9 Å². The largest absolute Gasteiger partial charge is 0.494 e. The van der Waals surface area contributed by atoms with Crippen LogP contribution >= 0.6 is 15.9 Å². The Balaban J connectivity index is 1.63. The van der Waals surface area contributed by atoms with Gasteiger partial charge in [-0.15, -0.1) is 0 Å². The third kappa shape index (κ3) is 5.82. The average Bonchev–Trinajstić information content (AvgIpc) is 2.46. The first-order valence-electron chi connectivity index (χ1n) is 7.38. The molecule has 0 spiro atoms. The van der Waals surface area contributed by atoms with Crippen LogP contribution in [0.25, 0.3) is 0 Å². The van der Waals surface area contributed by atoms with E-state index in [2.05, 4.69) is 22.0 Å². The van der Waals surface area contributed by atoms with Crippen LogP contribution in [0.3, 0.4) is 0 Å². The van der Waals surface area contributed by atoms with Gasteiger partial charge in [-0.05, 0) is 48.2 Å². The van der Waals surface area contributed by atoms with Crippen LogP contribution in [-0.2, 0) is 0 Å². The maximum Gasteiger partial charge on any atom is 0.119 e. The number of benzene rings is 1.